The van der Waals surface area contributed by atoms with Crippen molar-refractivity contribution >= 4 is 11.9 Å². The van der Waals surface area contributed by atoms with E-state index in [0.717, 1.165) is 64.5 Å². The molecule has 2 saturated heterocycles. The molecule has 1 atom stereocenters. The molecule has 3 heterocycles. The normalized spacial score (nSPS) is 21.6. The van der Waals surface area contributed by atoms with Gasteiger partial charge in [-0.15, -0.1) is 0 Å². The summed E-state index contributed by atoms with van der Waals surface area (Å²) in [4.78, 5) is 20.9. The van der Waals surface area contributed by atoms with E-state index in [9.17, 15) is 4.79 Å². The Labute approximate surface area is 148 Å². The molecular weight excluding hydrogens is 320 g/mol. The molecule has 2 aliphatic heterocycles. The maximum atomic E-state index is 12.4. The van der Waals surface area contributed by atoms with E-state index in [-0.39, 0.29) is 12.0 Å². The van der Waals surface area contributed by atoms with Gasteiger partial charge in [0, 0.05) is 65.3 Å². The standard InChI is InChI=1S/C17H28N6O2/c1-18-17(19-6-3-8-23-9-4-7-20-23)22-12-10-21(11-13-22)16(24)15-5-2-14-25-15/h4,7,9,15H,2-3,5-6,8,10-14H2,1H3,(H,18,19). The quantitative estimate of drug-likeness (QED) is 0.466. The summed E-state index contributed by atoms with van der Waals surface area (Å²) in [6.07, 6.45) is 6.39. The number of guanidine groups is 1. The average Bonchev–Trinajstić information content (AvgIpc) is 3.35. The second-order valence-electron chi connectivity index (χ2n) is 6.41. The number of carbonyl (C=O) groups excluding carboxylic acids is 1. The number of nitrogens with zero attached hydrogens (tertiary/aromatic N) is 5. The van der Waals surface area contributed by atoms with E-state index in [0.29, 0.717) is 6.61 Å². The molecule has 0 saturated carbocycles. The van der Waals surface area contributed by atoms with Crippen molar-refractivity contribution in [2.45, 2.75) is 31.9 Å². The molecule has 1 unspecified atom stereocenters. The Morgan fingerprint density at radius 1 is 1.32 bits per heavy atom. The van der Waals surface area contributed by atoms with Gasteiger partial charge in [-0.05, 0) is 25.3 Å². The van der Waals surface area contributed by atoms with E-state index >= 15 is 0 Å². The van der Waals surface area contributed by atoms with Gasteiger partial charge >= 0.3 is 0 Å². The lowest BCUT2D eigenvalue weighted by Gasteiger charge is -2.37. The first kappa shape index (κ1) is 17.7. The first-order chi connectivity index (χ1) is 12.3. The smallest absolute Gasteiger partial charge is 0.251 e. The number of aryl methyl sites for hydroxylation is 1. The lowest BCUT2D eigenvalue weighted by atomic mass is 10.2. The molecule has 0 aromatic carbocycles. The molecular formula is C17H28N6O2. The maximum Gasteiger partial charge on any atom is 0.251 e. The fourth-order valence-corrected chi connectivity index (χ4v) is 3.32. The Kier molecular flexibility index (Phi) is 6.27. The molecule has 0 aliphatic carbocycles. The maximum absolute atomic E-state index is 12.4. The molecule has 2 aliphatic rings. The predicted octanol–water partition coefficient (Wildman–Crippen LogP) is 0.172. The van der Waals surface area contributed by atoms with Crippen LogP contribution in [0.25, 0.3) is 0 Å². The Bertz CT molecular complexity index is 560. The van der Waals surface area contributed by atoms with E-state index in [1.165, 1.54) is 0 Å². The zero-order chi connectivity index (χ0) is 17.5. The van der Waals surface area contributed by atoms with Crippen LogP contribution >= 0.6 is 0 Å². The van der Waals surface area contributed by atoms with Crippen molar-refractivity contribution in [1.82, 2.24) is 24.9 Å². The second-order valence-corrected chi connectivity index (χ2v) is 6.41. The van der Waals surface area contributed by atoms with Gasteiger partial charge in [0.15, 0.2) is 5.96 Å². The third kappa shape index (κ3) is 4.72. The van der Waals surface area contributed by atoms with Gasteiger partial charge in [0.2, 0.25) is 0 Å². The summed E-state index contributed by atoms with van der Waals surface area (Å²) >= 11 is 0. The van der Waals surface area contributed by atoms with Crippen molar-refractivity contribution in [3.63, 3.8) is 0 Å². The molecule has 1 aromatic heterocycles. The third-order valence-corrected chi connectivity index (χ3v) is 4.71. The summed E-state index contributed by atoms with van der Waals surface area (Å²) in [5.74, 6) is 1.06. The van der Waals surface area contributed by atoms with Gasteiger partial charge in [-0.1, -0.05) is 0 Å². The number of hydrogen-bond acceptors (Lipinski definition) is 4. The van der Waals surface area contributed by atoms with Crippen molar-refractivity contribution in [2.75, 3.05) is 46.4 Å². The van der Waals surface area contributed by atoms with Gasteiger partial charge in [0.1, 0.15) is 6.10 Å². The summed E-state index contributed by atoms with van der Waals surface area (Å²) in [7, 11) is 1.81. The van der Waals surface area contributed by atoms with E-state index in [2.05, 4.69) is 20.3 Å². The molecule has 1 N–H and O–H groups in total. The highest BCUT2D eigenvalue weighted by Crippen LogP contribution is 2.16. The average molecular weight is 348 g/mol. The van der Waals surface area contributed by atoms with Crippen LogP contribution in [0.4, 0.5) is 0 Å². The molecule has 138 valence electrons. The van der Waals surface area contributed by atoms with Gasteiger partial charge in [-0.25, -0.2) is 0 Å². The number of amides is 1. The predicted molar refractivity (Wildman–Crippen MR) is 95.3 cm³/mol. The van der Waals surface area contributed by atoms with Crippen LogP contribution in [-0.2, 0) is 16.1 Å². The zero-order valence-corrected chi connectivity index (χ0v) is 14.9. The number of carbonyl (C=O) groups is 1. The molecule has 1 aromatic rings. The topological polar surface area (TPSA) is 75.0 Å². The summed E-state index contributed by atoms with van der Waals surface area (Å²) in [5, 5.41) is 7.61. The minimum atomic E-state index is -0.216. The molecule has 0 bridgehead atoms. The van der Waals surface area contributed by atoms with Crippen molar-refractivity contribution in [3.05, 3.63) is 18.5 Å². The van der Waals surface area contributed by atoms with Crippen molar-refractivity contribution in [1.29, 1.82) is 0 Å². The summed E-state index contributed by atoms with van der Waals surface area (Å²) in [6.45, 7) is 5.52. The van der Waals surface area contributed by atoms with Crippen LogP contribution in [0.1, 0.15) is 19.3 Å². The van der Waals surface area contributed by atoms with Gasteiger partial charge in [-0.2, -0.15) is 5.10 Å². The van der Waals surface area contributed by atoms with E-state index in [4.69, 9.17) is 4.74 Å². The molecule has 25 heavy (non-hydrogen) atoms. The number of rotatable bonds is 5. The fourth-order valence-electron chi connectivity index (χ4n) is 3.32. The molecule has 1 amide bonds. The highest BCUT2D eigenvalue weighted by Gasteiger charge is 2.30. The molecule has 3 rings (SSSR count). The minimum absolute atomic E-state index is 0.152. The molecule has 8 heteroatoms. The lowest BCUT2D eigenvalue weighted by molar-refractivity contribution is -0.142. The van der Waals surface area contributed by atoms with Crippen molar-refractivity contribution in [2.24, 2.45) is 4.99 Å². The van der Waals surface area contributed by atoms with Crippen molar-refractivity contribution in [3.8, 4) is 0 Å². The Hall–Kier alpha value is -2.09. The van der Waals surface area contributed by atoms with Gasteiger partial charge in [-0.3, -0.25) is 14.5 Å². The highest BCUT2D eigenvalue weighted by molar-refractivity contribution is 5.82. The van der Waals surface area contributed by atoms with Crippen LogP contribution in [0.15, 0.2) is 23.5 Å². The fraction of sp³-hybridized carbons (Fsp3) is 0.706. The number of hydrogen-bond donors (Lipinski definition) is 1. The SMILES string of the molecule is CN=C(NCCCn1cccn1)N1CCN(C(=O)C2CCCO2)CC1. The van der Waals surface area contributed by atoms with Gasteiger partial charge < -0.3 is 19.9 Å². The van der Waals surface area contributed by atoms with Crippen LogP contribution < -0.4 is 5.32 Å². The second kappa shape index (κ2) is 8.84. The number of piperazine rings is 1. The number of nitrogens with one attached hydrogen (secondary N) is 1. The van der Waals surface area contributed by atoms with E-state index in [1.807, 2.05) is 21.8 Å². The van der Waals surface area contributed by atoms with Crippen LogP contribution in [0.3, 0.4) is 0 Å². The van der Waals surface area contributed by atoms with E-state index < -0.39 is 0 Å². The Balaban J connectivity index is 1.38. The number of aliphatic imine (C=N–C) groups is 1. The van der Waals surface area contributed by atoms with Crippen LogP contribution in [-0.4, -0.2) is 83.9 Å². The summed E-state index contributed by atoms with van der Waals surface area (Å²) < 4.78 is 7.44. The molecule has 0 spiro atoms. The Morgan fingerprint density at radius 3 is 2.76 bits per heavy atom. The van der Waals surface area contributed by atoms with Crippen LogP contribution in [0.2, 0.25) is 0 Å². The van der Waals surface area contributed by atoms with Gasteiger partial charge in [0.05, 0.1) is 0 Å². The monoisotopic (exact) mass is 348 g/mol. The first-order valence-electron chi connectivity index (χ1n) is 9.11. The third-order valence-electron chi connectivity index (χ3n) is 4.71. The summed E-state index contributed by atoms with van der Waals surface area (Å²) in [5.41, 5.74) is 0. The van der Waals surface area contributed by atoms with Gasteiger partial charge in [0.25, 0.3) is 5.91 Å². The molecule has 8 nitrogen and oxygen atoms in total. The minimum Gasteiger partial charge on any atom is -0.368 e. The Morgan fingerprint density at radius 2 is 2.12 bits per heavy atom. The lowest BCUT2D eigenvalue weighted by Crippen LogP contribution is -2.55. The number of aromatic nitrogens is 2. The largest absolute Gasteiger partial charge is 0.368 e. The van der Waals surface area contributed by atoms with Crippen molar-refractivity contribution < 1.29 is 9.53 Å². The number of ether oxygens (including phenoxy) is 1. The molecule has 0 radical (unpaired) electrons. The van der Waals surface area contributed by atoms with E-state index in [1.54, 1.807) is 13.2 Å². The van der Waals surface area contributed by atoms with Crippen LogP contribution in [0, 0.1) is 0 Å². The molecule has 2 fully saturated rings. The summed E-state index contributed by atoms with van der Waals surface area (Å²) in [6, 6.07) is 1.93. The first-order valence-corrected chi connectivity index (χ1v) is 9.11. The highest BCUT2D eigenvalue weighted by atomic mass is 16.5. The zero-order valence-electron chi connectivity index (χ0n) is 14.9. The van der Waals surface area contributed by atoms with Crippen LogP contribution in [0.5, 0.6) is 0 Å².